The Labute approximate surface area is 85.8 Å². The molecular formula is C12H19NO. The lowest BCUT2D eigenvalue weighted by Gasteiger charge is -2.21. The van der Waals surface area contributed by atoms with Crippen LogP contribution in [-0.4, -0.2) is 5.11 Å². The number of nitrogens with two attached hydrogens (primary N) is 1. The maximum Gasteiger partial charge on any atom is 0.116 e. The number of hydrogen-bond acceptors (Lipinski definition) is 2. The minimum atomic E-state index is 0.0515. The maximum atomic E-state index is 9.40. The van der Waals surface area contributed by atoms with E-state index in [9.17, 15) is 5.11 Å². The van der Waals surface area contributed by atoms with Crippen molar-refractivity contribution < 1.29 is 5.11 Å². The summed E-state index contributed by atoms with van der Waals surface area (Å²) < 4.78 is 0. The highest BCUT2D eigenvalue weighted by Gasteiger charge is 2.15. The average Bonchev–Trinajstić information content (AvgIpc) is 2.01. The molecule has 0 saturated heterocycles. The Balaban J connectivity index is 3.20. The molecule has 3 N–H and O–H groups in total. The molecule has 0 spiro atoms. The smallest absolute Gasteiger partial charge is 0.116 e. The molecule has 0 aliphatic rings. The van der Waals surface area contributed by atoms with Crippen LogP contribution in [0.3, 0.4) is 0 Å². The Kier molecular flexibility index (Phi) is 3.17. The normalized spacial score (nSPS) is 13.3. The van der Waals surface area contributed by atoms with Gasteiger partial charge in [0.15, 0.2) is 0 Å². The summed E-state index contributed by atoms with van der Waals surface area (Å²) in [7, 11) is 0. The Bertz CT molecular complexity index is 308. The zero-order valence-corrected chi connectivity index (χ0v) is 9.33. The van der Waals surface area contributed by atoms with Crippen molar-refractivity contribution in [2.45, 2.75) is 33.7 Å². The molecule has 0 amide bonds. The molecule has 1 rings (SSSR count). The van der Waals surface area contributed by atoms with Crippen LogP contribution in [0.5, 0.6) is 5.75 Å². The molecule has 2 heteroatoms. The van der Waals surface area contributed by atoms with E-state index in [1.54, 1.807) is 12.1 Å². The second-order valence-corrected chi connectivity index (χ2v) is 4.26. The van der Waals surface area contributed by atoms with Crippen molar-refractivity contribution in [3.8, 4) is 5.75 Å². The number of aryl methyl sites for hydroxylation is 2. The van der Waals surface area contributed by atoms with Crippen LogP contribution in [0.15, 0.2) is 12.1 Å². The Hall–Kier alpha value is -1.02. The van der Waals surface area contributed by atoms with Gasteiger partial charge in [0.05, 0.1) is 0 Å². The molecule has 0 bridgehead atoms. The molecule has 2 nitrogen and oxygen atoms in total. The summed E-state index contributed by atoms with van der Waals surface area (Å²) in [6.07, 6.45) is 0. The van der Waals surface area contributed by atoms with E-state index in [1.165, 1.54) is 0 Å². The topological polar surface area (TPSA) is 46.2 Å². The molecule has 14 heavy (non-hydrogen) atoms. The summed E-state index contributed by atoms with van der Waals surface area (Å²) in [4.78, 5) is 0. The molecule has 0 aliphatic carbocycles. The zero-order valence-electron chi connectivity index (χ0n) is 9.33. The van der Waals surface area contributed by atoms with Crippen molar-refractivity contribution in [3.05, 3.63) is 28.8 Å². The van der Waals surface area contributed by atoms with Crippen molar-refractivity contribution in [3.63, 3.8) is 0 Å². The summed E-state index contributed by atoms with van der Waals surface area (Å²) >= 11 is 0. The van der Waals surface area contributed by atoms with Gasteiger partial charge in [0, 0.05) is 6.04 Å². The fourth-order valence-corrected chi connectivity index (χ4v) is 1.81. The molecule has 1 unspecified atom stereocenters. The van der Waals surface area contributed by atoms with E-state index < -0.39 is 0 Å². The second kappa shape index (κ2) is 4.01. The molecule has 1 aromatic rings. The van der Waals surface area contributed by atoms with Gasteiger partial charge in [-0.1, -0.05) is 13.8 Å². The molecule has 0 saturated carbocycles. The maximum absolute atomic E-state index is 9.40. The molecule has 0 aliphatic heterocycles. The van der Waals surface area contributed by atoms with Crippen LogP contribution in [-0.2, 0) is 0 Å². The van der Waals surface area contributed by atoms with Gasteiger partial charge in [-0.25, -0.2) is 0 Å². The SMILES string of the molecule is Cc1cc(O)cc(C)c1C(N)C(C)C. The number of aromatic hydroxyl groups is 1. The molecule has 1 atom stereocenters. The van der Waals surface area contributed by atoms with E-state index in [1.807, 2.05) is 13.8 Å². The van der Waals surface area contributed by atoms with E-state index in [0.717, 1.165) is 16.7 Å². The van der Waals surface area contributed by atoms with Crippen LogP contribution in [0, 0.1) is 19.8 Å². The van der Waals surface area contributed by atoms with Gasteiger partial charge >= 0.3 is 0 Å². The van der Waals surface area contributed by atoms with Gasteiger partial charge < -0.3 is 10.8 Å². The molecule has 0 fully saturated rings. The van der Waals surface area contributed by atoms with Crippen molar-refractivity contribution in [1.82, 2.24) is 0 Å². The first kappa shape index (κ1) is 11.1. The third-order valence-corrected chi connectivity index (χ3v) is 2.63. The molecule has 1 aromatic carbocycles. The first-order chi connectivity index (χ1) is 6.43. The van der Waals surface area contributed by atoms with E-state index in [-0.39, 0.29) is 6.04 Å². The van der Waals surface area contributed by atoms with Gasteiger partial charge in [0.25, 0.3) is 0 Å². The minimum Gasteiger partial charge on any atom is -0.508 e. The second-order valence-electron chi connectivity index (χ2n) is 4.26. The highest BCUT2D eigenvalue weighted by molar-refractivity contribution is 5.42. The van der Waals surface area contributed by atoms with Crippen molar-refractivity contribution in [2.24, 2.45) is 11.7 Å². The average molecular weight is 193 g/mol. The Morgan fingerprint density at radius 3 is 1.93 bits per heavy atom. The highest BCUT2D eigenvalue weighted by Crippen LogP contribution is 2.28. The van der Waals surface area contributed by atoms with E-state index in [0.29, 0.717) is 11.7 Å². The molecular weight excluding hydrogens is 174 g/mol. The monoisotopic (exact) mass is 193 g/mol. The van der Waals surface area contributed by atoms with Crippen molar-refractivity contribution >= 4 is 0 Å². The van der Waals surface area contributed by atoms with E-state index in [4.69, 9.17) is 5.73 Å². The van der Waals surface area contributed by atoms with Gasteiger partial charge in [-0.15, -0.1) is 0 Å². The fraction of sp³-hybridized carbons (Fsp3) is 0.500. The van der Waals surface area contributed by atoms with Gasteiger partial charge in [-0.05, 0) is 48.6 Å². The lowest BCUT2D eigenvalue weighted by Crippen LogP contribution is -2.19. The van der Waals surface area contributed by atoms with Crippen LogP contribution in [0.4, 0.5) is 0 Å². The number of benzene rings is 1. The van der Waals surface area contributed by atoms with Crippen molar-refractivity contribution in [2.75, 3.05) is 0 Å². The van der Waals surface area contributed by atoms with Crippen LogP contribution in [0.25, 0.3) is 0 Å². The summed E-state index contributed by atoms with van der Waals surface area (Å²) in [5, 5.41) is 9.40. The third kappa shape index (κ3) is 2.07. The Morgan fingerprint density at radius 1 is 1.14 bits per heavy atom. The van der Waals surface area contributed by atoms with Gasteiger partial charge in [-0.3, -0.25) is 0 Å². The lowest BCUT2D eigenvalue weighted by molar-refractivity contribution is 0.471. The van der Waals surface area contributed by atoms with Crippen LogP contribution in [0.1, 0.15) is 36.6 Å². The first-order valence-electron chi connectivity index (χ1n) is 4.99. The number of phenols is 1. The van der Waals surface area contributed by atoms with Gasteiger partial charge in [-0.2, -0.15) is 0 Å². The van der Waals surface area contributed by atoms with Gasteiger partial charge in [0.1, 0.15) is 5.75 Å². The predicted octanol–water partition coefficient (Wildman–Crippen LogP) is 2.66. The fourth-order valence-electron chi connectivity index (χ4n) is 1.81. The lowest BCUT2D eigenvalue weighted by atomic mass is 9.90. The van der Waals surface area contributed by atoms with Crippen LogP contribution >= 0.6 is 0 Å². The summed E-state index contributed by atoms with van der Waals surface area (Å²) in [5.74, 6) is 0.733. The Morgan fingerprint density at radius 2 is 1.57 bits per heavy atom. The summed E-state index contributed by atoms with van der Waals surface area (Å²) in [6.45, 7) is 8.20. The summed E-state index contributed by atoms with van der Waals surface area (Å²) in [5.41, 5.74) is 9.42. The largest absolute Gasteiger partial charge is 0.508 e. The highest BCUT2D eigenvalue weighted by atomic mass is 16.3. The number of phenolic OH excluding ortho intramolecular Hbond substituents is 1. The van der Waals surface area contributed by atoms with Crippen molar-refractivity contribution in [1.29, 1.82) is 0 Å². The zero-order chi connectivity index (χ0) is 10.9. The molecule has 0 heterocycles. The first-order valence-corrected chi connectivity index (χ1v) is 4.99. The number of rotatable bonds is 2. The predicted molar refractivity (Wildman–Crippen MR) is 59.3 cm³/mol. The van der Waals surface area contributed by atoms with Gasteiger partial charge in [0.2, 0.25) is 0 Å². The quantitative estimate of drug-likeness (QED) is 0.758. The van der Waals surface area contributed by atoms with E-state index in [2.05, 4.69) is 13.8 Å². The van der Waals surface area contributed by atoms with E-state index >= 15 is 0 Å². The van der Waals surface area contributed by atoms with Crippen LogP contribution < -0.4 is 5.73 Å². The molecule has 78 valence electrons. The minimum absolute atomic E-state index is 0.0515. The number of hydrogen-bond donors (Lipinski definition) is 2. The standard InChI is InChI=1S/C12H19NO/c1-7(2)12(13)11-8(3)5-10(14)6-9(11)4/h5-7,12,14H,13H2,1-4H3. The summed E-state index contributed by atoms with van der Waals surface area (Å²) in [6, 6.07) is 3.59. The van der Waals surface area contributed by atoms with Crippen LogP contribution in [0.2, 0.25) is 0 Å². The third-order valence-electron chi connectivity index (χ3n) is 2.63. The molecule has 0 radical (unpaired) electrons. The molecule has 0 aromatic heterocycles.